The molecular weight excluding hydrogens is 227 g/mol. The average molecular weight is 237 g/mol. The first-order valence-corrected chi connectivity index (χ1v) is 4.28. The summed E-state index contributed by atoms with van der Waals surface area (Å²) in [7, 11) is 0. The molecule has 90 valence electrons. The topological polar surface area (TPSA) is 86.7 Å². The second kappa shape index (κ2) is 4.09. The fraction of sp³-hybridized carbons (Fsp3) is 0.333. The number of nitrogens with two attached hydrogens (primary N) is 1. The van der Waals surface area contributed by atoms with E-state index in [0.717, 1.165) is 12.1 Å². The molecule has 4 nitrogen and oxygen atoms in total. The van der Waals surface area contributed by atoms with Crippen molar-refractivity contribution in [2.45, 2.75) is 18.6 Å². The Kier molecular flexibility index (Phi) is 3.18. The summed E-state index contributed by atoms with van der Waals surface area (Å²) >= 11 is 0. The molecule has 0 radical (unpaired) electrons. The summed E-state index contributed by atoms with van der Waals surface area (Å²) in [4.78, 5) is 0. The monoisotopic (exact) mass is 237 g/mol. The summed E-state index contributed by atoms with van der Waals surface area (Å²) < 4.78 is 36.1. The SMILES string of the molecule is N[C@H](CC(F)(F)F)c1c(O)cc(O)cc1O. The molecule has 1 rings (SSSR count). The van der Waals surface area contributed by atoms with Gasteiger partial charge >= 0.3 is 6.18 Å². The maximum Gasteiger partial charge on any atom is 0.390 e. The summed E-state index contributed by atoms with van der Waals surface area (Å²) in [5.41, 5.74) is 4.78. The van der Waals surface area contributed by atoms with Crippen LogP contribution in [0, 0.1) is 0 Å². The highest BCUT2D eigenvalue weighted by molar-refractivity contribution is 5.50. The molecule has 0 aliphatic carbocycles. The van der Waals surface area contributed by atoms with Gasteiger partial charge in [-0.2, -0.15) is 13.2 Å². The minimum atomic E-state index is -4.50. The molecule has 0 aliphatic rings. The lowest BCUT2D eigenvalue weighted by molar-refractivity contribution is -0.138. The zero-order chi connectivity index (χ0) is 12.5. The van der Waals surface area contributed by atoms with Crippen LogP contribution in [0.15, 0.2) is 12.1 Å². The van der Waals surface area contributed by atoms with Crippen LogP contribution in [-0.4, -0.2) is 21.5 Å². The molecule has 0 aliphatic heterocycles. The summed E-state index contributed by atoms with van der Waals surface area (Å²) in [5, 5.41) is 27.5. The van der Waals surface area contributed by atoms with Gasteiger partial charge in [0.2, 0.25) is 0 Å². The van der Waals surface area contributed by atoms with Gasteiger partial charge in [-0.3, -0.25) is 0 Å². The standard InChI is InChI=1S/C9H10F3NO3/c10-9(11,12)3-5(13)8-6(15)1-4(14)2-7(8)16/h1-2,5,14-16H,3,13H2/t5-/m1/s1. The summed E-state index contributed by atoms with van der Waals surface area (Å²) in [6, 6.07) is 0.0388. The maximum absolute atomic E-state index is 12.0. The number of phenols is 3. The third-order valence-corrected chi connectivity index (χ3v) is 1.94. The van der Waals surface area contributed by atoms with Crippen LogP contribution in [0.3, 0.4) is 0 Å². The smallest absolute Gasteiger partial charge is 0.390 e. The van der Waals surface area contributed by atoms with E-state index in [-0.39, 0.29) is 0 Å². The molecule has 0 spiro atoms. The van der Waals surface area contributed by atoms with Gasteiger partial charge in [-0.05, 0) is 0 Å². The van der Waals surface area contributed by atoms with Crippen molar-refractivity contribution in [2.24, 2.45) is 5.73 Å². The van der Waals surface area contributed by atoms with Gasteiger partial charge in [0.25, 0.3) is 0 Å². The summed E-state index contributed by atoms with van der Waals surface area (Å²) in [6.45, 7) is 0. The number of benzene rings is 1. The quantitative estimate of drug-likeness (QED) is 0.631. The number of hydrogen-bond acceptors (Lipinski definition) is 4. The van der Waals surface area contributed by atoms with E-state index in [4.69, 9.17) is 10.8 Å². The van der Waals surface area contributed by atoms with Crippen LogP contribution in [-0.2, 0) is 0 Å². The Morgan fingerprint density at radius 1 is 1.12 bits per heavy atom. The van der Waals surface area contributed by atoms with Crippen LogP contribution in [0.1, 0.15) is 18.0 Å². The highest BCUT2D eigenvalue weighted by Gasteiger charge is 2.33. The molecule has 0 unspecified atom stereocenters. The van der Waals surface area contributed by atoms with Gasteiger partial charge in [0.15, 0.2) is 0 Å². The average Bonchev–Trinajstić information content (AvgIpc) is 1.96. The predicted octanol–water partition coefficient (Wildman–Crippen LogP) is 1.76. The Morgan fingerprint density at radius 3 is 1.94 bits per heavy atom. The van der Waals surface area contributed by atoms with Gasteiger partial charge in [0.05, 0.1) is 12.0 Å². The van der Waals surface area contributed by atoms with Crippen molar-refractivity contribution in [1.29, 1.82) is 0 Å². The number of alkyl halides is 3. The first-order valence-electron chi connectivity index (χ1n) is 4.28. The highest BCUT2D eigenvalue weighted by atomic mass is 19.4. The molecule has 1 atom stereocenters. The van der Waals surface area contributed by atoms with Crippen molar-refractivity contribution in [1.82, 2.24) is 0 Å². The number of phenolic OH excluding ortho intramolecular Hbond substituents is 3. The molecule has 7 heteroatoms. The molecule has 0 saturated carbocycles. The Hall–Kier alpha value is -1.63. The summed E-state index contributed by atoms with van der Waals surface area (Å²) in [6.07, 6.45) is -5.88. The summed E-state index contributed by atoms with van der Waals surface area (Å²) in [5.74, 6) is -1.80. The lowest BCUT2D eigenvalue weighted by Gasteiger charge is -2.17. The third-order valence-electron chi connectivity index (χ3n) is 1.94. The predicted molar refractivity (Wildman–Crippen MR) is 49.0 cm³/mol. The van der Waals surface area contributed by atoms with E-state index in [1.54, 1.807) is 0 Å². The van der Waals surface area contributed by atoms with Gasteiger partial charge in [-0.1, -0.05) is 0 Å². The van der Waals surface area contributed by atoms with Gasteiger partial charge in [0.1, 0.15) is 17.2 Å². The van der Waals surface area contributed by atoms with Crippen molar-refractivity contribution < 1.29 is 28.5 Å². The molecule has 0 fully saturated rings. The number of rotatable bonds is 2. The van der Waals surface area contributed by atoms with E-state index in [1.165, 1.54) is 0 Å². The molecule has 16 heavy (non-hydrogen) atoms. The van der Waals surface area contributed by atoms with Crippen molar-refractivity contribution in [3.63, 3.8) is 0 Å². The maximum atomic E-state index is 12.0. The molecular formula is C9H10F3NO3. The van der Waals surface area contributed by atoms with Crippen LogP contribution in [0.25, 0.3) is 0 Å². The second-order valence-electron chi connectivity index (χ2n) is 3.32. The zero-order valence-electron chi connectivity index (χ0n) is 7.99. The number of aromatic hydroxyl groups is 3. The lowest BCUT2D eigenvalue weighted by Crippen LogP contribution is -2.20. The zero-order valence-corrected chi connectivity index (χ0v) is 7.99. The molecule has 1 aromatic carbocycles. The molecule has 0 heterocycles. The van der Waals surface area contributed by atoms with Crippen LogP contribution < -0.4 is 5.73 Å². The van der Waals surface area contributed by atoms with E-state index in [9.17, 15) is 23.4 Å². The number of hydrogen-bond donors (Lipinski definition) is 4. The molecule has 0 saturated heterocycles. The third kappa shape index (κ3) is 2.93. The molecule has 1 aromatic rings. The van der Waals surface area contributed by atoms with Crippen LogP contribution in [0.2, 0.25) is 0 Å². The van der Waals surface area contributed by atoms with Crippen molar-refractivity contribution in [3.8, 4) is 17.2 Å². The Labute approximate surface area is 88.7 Å². The van der Waals surface area contributed by atoms with Gasteiger partial charge < -0.3 is 21.1 Å². The fourth-order valence-electron chi connectivity index (χ4n) is 1.34. The second-order valence-corrected chi connectivity index (χ2v) is 3.32. The van der Waals surface area contributed by atoms with Crippen LogP contribution >= 0.6 is 0 Å². The fourth-order valence-corrected chi connectivity index (χ4v) is 1.34. The molecule has 5 N–H and O–H groups in total. The van der Waals surface area contributed by atoms with Crippen molar-refractivity contribution >= 4 is 0 Å². The molecule has 0 amide bonds. The molecule has 0 bridgehead atoms. The number of halogens is 3. The molecule has 0 aromatic heterocycles. The normalized spacial score (nSPS) is 13.8. The Bertz CT molecular complexity index is 369. The van der Waals surface area contributed by atoms with E-state index < -0.39 is 41.5 Å². The van der Waals surface area contributed by atoms with E-state index >= 15 is 0 Å². The minimum Gasteiger partial charge on any atom is -0.508 e. The lowest BCUT2D eigenvalue weighted by atomic mass is 10.0. The highest BCUT2D eigenvalue weighted by Crippen LogP contribution is 2.39. The van der Waals surface area contributed by atoms with Gasteiger partial charge in [-0.25, -0.2) is 0 Å². The first-order chi connectivity index (χ1) is 7.20. The Morgan fingerprint density at radius 2 is 1.56 bits per heavy atom. The van der Waals surface area contributed by atoms with Crippen molar-refractivity contribution in [3.05, 3.63) is 17.7 Å². The van der Waals surface area contributed by atoms with Gasteiger partial charge in [-0.15, -0.1) is 0 Å². The van der Waals surface area contributed by atoms with Gasteiger partial charge in [0, 0.05) is 18.2 Å². The van der Waals surface area contributed by atoms with E-state index in [1.807, 2.05) is 0 Å². The first kappa shape index (κ1) is 12.4. The largest absolute Gasteiger partial charge is 0.508 e. The minimum absolute atomic E-state index is 0.435. The van der Waals surface area contributed by atoms with Crippen LogP contribution in [0.5, 0.6) is 17.2 Å². The van der Waals surface area contributed by atoms with E-state index in [2.05, 4.69) is 0 Å². The Balaban J connectivity index is 3.04. The van der Waals surface area contributed by atoms with Crippen molar-refractivity contribution in [2.75, 3.05) is 0 Å². The van der Waals surface area contributed by atoms with E-state index in [0.29, 0.717) is 0 Å². The van der Waals surface area contributed by atoms with Crippen LogP contribution in [0.4, 0.5) is 13.2 Å².